The molecule has 0 aromatic heterocycles. The Morgan fingerprint density at radius 1 is 1.24 bits per heavy atom. The van der Waals surface area contributed by atoms with Crippen LogP contribution in [0, 0.1) is 22.7 Å². The van der Waals surface area contributed by atoms with Crippen LogP contribution in [0.4, 0.5) is 0 Å². The van der Waals surface area contributed by atoms with Crippen molar-refractivity contribution in [3.05, 3.63) is 0 Å². The molecule has 0 spiro atoms. The highest BCUT2D eigenvalue weighted by atomic mass is 16.1. The molecule has 0 aromatic rings. The highest BCUT2D eigenvalue weighted by Crippen LogP contribution is 2.67. The first-order valence-corrected chi connectivity index (χ1v) is 6.80. The van der Waals surface area contributed by atoms with Gasteiger partial charge in [0, 0.05) is 18.5 Å². The van der Waals surface area contributed by atoms with E-state index in [2.05, 4.69) is 33.0 Å². The third-order valence-corrected chi connectivity index (χ3v) is 5.64. The molecule has 98 valence electrons. The Bertz CT molecular complexity index is 308. The quantitative estimate of drug-likeness (QED) is 0.789. The first-order chi connectivity index (χ1) is 7.76. The lowest BCUT2D eigenvalue weighted by molar-refractivity contribution is -0.124. The molecule has 17 heavy (non-hydrogen) atoms. The van der Waals surface area contributed by atoms with Gasteiger partial charge in [-0.1, -0.05) is 27.7 Å². The first-order valence-electron chi connectivity index (χ1n) is 6.80. The van der Waals surface area contributed by atoms with Crippen LogP contribution in [0.25, 0.3) is 0 Å². The molecule has 1 amide bonds. The second kappa shape index (κ2) is 3.98. The van der Waals surface area contributed by atoms with Crippen molar-refractivity contribution in [1.29, 1.82) is 0 Å². The molecule has 2 fully saturated rings. The predicted molar refractivity (Wildman–Crippen MR) is 69.4 cm³/mol. The smallest absolute Gasteiger partial charge is 0.223 e. The zero-order chi connectivity index (χ0) is 12.8. The lowest BCUT2D eigenvalue weighted by Crippen LogP contribution is -2.32. The minimum atomic E-state index is 0.162. The van der Waals surface area contributed by atoms with Gasteiger partial charge in [0.15, 0.2) is 0 Å². The number of nitrogens with two attached hydrogens (primary N) is 1. The fourth-order valence-corrected chi connectivity index (χ4v) is 3.45. The molecular weight excluding hydrogens is 212 g/mol. The number of rotatable bonds is 3. The number of nitrogens with one attached hydrogen (secondary N) is 1. The summed E-state index contributed by atoms with van der Waals surface area (Å²) in [4.78, 5) is 12.0. The fourth-order valence-electron chi connectivity index (χ4n) is 3.45. The van der Waals surface area contributed by atoms with E-state index < -0.39 is 0 Å². The standard InChI is InChI=1S/C14H26N2O/c1-13(2)11(14(13,3)4)8-16-12(17)9-5-6-10(15)7-9/h9-11H,5-8,15H2,1-4H3,(H,16,17). The van der Waals surface area contributed by atoms with E-state index in [0.717, 1.165) is 25.8 Å². The van der Waals surface area contributed by atoms with Crippen molar-refractivity contribution in [1.82, 2.24) is 5.32 Å². The maximum absolute atomic E-state index is 12.0. The van der Waals surface area contributed by atoms with E-state index in [4.69, 9.17) is 5.73 Å². The minimum Gasteiger partial charge on any atom is -0.356 e. The molecule has 2 aliphatic carbocycles. The molecule has 2 aliphatic rings. The van der Waals surface area contributed by atoms with Crippen molar-refractivity contribution >= 4 is 5.91 Å². The molecule has 0 bridgehead atoms. The first kappa shape index (κ1) is 12.9. The minimum absolute atomic E-state index is 0.162. The zero-order valence-corrected chi connectivity index (χ0v) is 11.5. The van der Waals surface area contributed by atoms with Crippen molar-refractivity contribution in [3.8, 4) is 0 Å². The normalized spacial score (nSPS) is 34.6. The monoisotopic (exact) mass is 238 g/mol. The van der Waals surface area contributed by atoms with Crippen LogP contribution in [0.1, 0.15) is 47.0 Å². The predicted octanol–water partition coefficient (Wildman–Crippen LogP) is 1.91. The molecule has 3 nitrogen and oxygen atoms in total. The molecule has 0 aromatic carbocycles. The lowest BCUT2D eigenvalue weighted by Gasteiger charge is -2.11. The molecule has 0 aliphatic heterocycles. The highest BCUT2D eigenvalue weighted by Gasteiger charge is 2.64. The van der Waals surface area contributed by atoms with Crippen molar-refractivity contribution < 1.29 is 4.79 Å². The van der Waals surface area contributed by atoms with Crippen LogP contribution >= 0.6 is 0 Å². The number of hydrogen-bond acceptors (Lipinski definition) is 2. The van der Waals surface area contributed by atoms with Gasteiger partial charge in [-0.2, -0.15) is 0 Å². The van der Waals surface area contributed by atoms with Crippen LogP contribution in [0.2, 0.25) is 0 Å². The van der Waals surface area contributed by atoms with Gasteiger partial charge in [-0.15, -0.1) is 0 Å². The van der Waals surface area contributed by atoms with Gasteiger partial charge >= 0.3 is 0 Å². The van der Waals surface area contributed by atoms with Gasteiger partial charge in [-0.25, -0.2) is 0 Å². The topological polar surface area (TPSA) is 55.1 Å². The molecule has 2 rings (SSSR count). The van der Waals surface area contributed by atoms with Gasteiger partial charge in [0.25, 0.3) is 0 Å². The van der Waals surface area contributed by atoms with Crippen LogP contribution in [-0.2, 0) is 4.79 Å². The number of hydrogen-bond donors (Lipinski definition) is 2. The summed E-state index contributed by atoms with van der Waals surface area (Å²) in [6, 6.07) is 0.236. The molecular formula is C14H26N2O. The maximum Gasteiger partial charge on any atom is 0.223 e. The van der Waals surface area contributed by atoms with Gasteiger partial charge < -0.3 is 11.1 Å². The summed E-state index contributed by atoms with van der Waals surface area (Å²) in [5.41, 5.74) is 6.54. The van der Waals surface area contributed by atoms with E-state index in [9.17, 15) is 4.79 Å². The van der Waals surface area contributed by atoms with Crippen molar-refractivity contribution in [2.75, 3.05) is 6.54 Å². The van der Waals surface area contributed by atoms with E-state index in [1.54, 1.807) is 0 Å². The summed E-state index contributed by atoms with van der Waals surface area (Å²) < 4.78 is 0. The Labute approximate surface area is 105 Å². The van der Waals surface area contributed by atoms with Crippen LogP contribution in [0.3, 0.4) is 0 Å². The van der Waals surface area contributed by atoms with Crippen LogP contribution < -0.4 is 11.1 Å². The van der Waals surface area contributed by atoms with E-state index in [1.807, 2.05) is 0 Å². The van der Waals surface area contributed by atoms with Gasteiger partial charge in [0.05, 0.1) is 0 Å². The Hall–Kier alpha value is -0.570. The maximum atomic E-state index is 12.0. The Kier molecular flexibility index (Phi) is 3.01. The Balaban J connectivity index is 1.79. The van der Waals surface area contributed by atoms with Crippen molar-refractivity contribution in [2.45, 2.75) is 53.0 Å². The SMILES string of the molecule is CC1(C)C(CNC(=O)C2CCC(N)C2)C1(C)C. The second-order valence-corrected chi connectivity index (χ2v) is 7.01. The summed E-state index contributed by atoms with van der Waals surface area (Å²) in [6.45, 7) is 9.97. The molecule has 0 radical (unpaired) electrons. The van der Waals surface area contributed by atoms with Crippen LogP contribution in [0.5, 0.6) is 0 Å². The van der Waals surface area contributed by atoms with Crippen LogP contribution in [0.15, 0.2) is 0 Å². The Morgan fingerprint density at radius 3 is 2.24 bits per heavy atom. The van der Waals surface area contributed by atoms with Crippen molar-refractivity contribution in [3.63, 3.8) is 0 Å². The van der Waals surface area contributed by atoms with Gasteiger partial charge in [-0.05, 0) is 36.0 Å². The number of carbonyl (C=O) groups excluding carboxylic acids is 1. The Morgan fingerprint density at radius 2 is 1.82 bits per heavy atom. The molecule has 3 heteroatoms. The number of carbonyl (C=O) groups is 1. The molecule has 0 saturated heterocycles. The lowest BCUT2D eigenvalue weighted by atomic mass is 10.0. The summed E-state index contributed by atoms with van der Waals surface area (Å²) in [5, 5.41) is 3.12. The van der Waals surface area contributed by atoms with E-state index in [-0.39, 0.29) is 17.9 Å². The average molecular weight is 238 g/mol. The highest BCUT2D eigenvalue weighted by molar-refractivity contribution is 5.79. The zero-order valence-electron chi connectivity index (χ0n) is 11.5. The molecule has 3 N–H and O–H groups in total. The van der Waals surface area contributed by atoms with E-state index in [0.29, 0.717) is 16.7 Å². The summed E-state index contributed by atoms with van der Waals surface area (Å²) in [6.07, 6.45) is 2.83. The third-order valence-electron chi connectivity index (χ3n) is 5.64. The number of amides is 1. The fraction of sp³-hybridized carbons (Fsp3) is 0.929. The second-order valence-electron chi connectivity index (χ2n) is 7.01. The van der Waals surface area contributed by atoms with Gasteiger partial charge in [-0.3, -0.25) is 4.79 Å². The summed E-state index contributed by atoms with van der Waals surface area (Å²) >= 11 is 0. The van der Waals surface area contributed by atoms with Crippen LogP contribution in [-0.4, -0.2) is 18.5 Å². The van der Waals surface area contributed by atoms with Crippen molar-refractivity contribution in [2.24, 2.45) is 28.4 Å². The average Bonchev–Trinajstić information content (AvgIpc) is 2.55. The summed E-state index contributed by atoms with van der Waals surface area (Å²) in [5.74, 6) is 0.987. The largest absolute Gasteiger partial charge is 0.356 e. The summed E-state index contributed by atoms with van der Waals surface area (Å²) in [7, 11) is 0. The van der Waals surface area contributed by atoms with Gasteiger partial charge in [0.1, 0.15) is 0 Å². The van der Waals surface area contributed by atoms with Gasteiger partial charge in [0.2, 0.25) is 5.91 Å². The molecule has 0 heterocycles. The molecule has 2 unspecified atom stereocenters. The third kappa shape index (κ3) is 2.10. The molecule has 2 atom stereocenters. The van der Waals surface area contributed by atoms with E-state index >= 15 is 0 Å². The molecule has 2 saturated carbocycles. The van der Waals surface area contributed by atoms with E-state index in [1.165, 1.54) is 0 Å².